The summed E-state index contributed by atoms with van der Waals surface area (Å²) in [5.41, 5.74) is 0.542. The monoisotopic (exact) mass is 265 g/mol. The molecule has 0 radical (unpaired) electrons. The molecule has 0 fully saturated rings. The molecule has 0 bridgehead atoms. The average Bonchev–Trinajstić information content (AvgIpc) is 2.35. The van der Waals surface area contributed by atoms with E-state index in [4.69, 9.17) is 16.3 Å². The first-order valence-electron chi connectivity index (χ1n) is 5.58. The summed E-state index contributed by atoms with van der Waals surface area (Å²) in [4.78, 5) is 26.0. The predicted octanol–water partition coefficient (Wildman–Crippen LogP) is 2.29. The smallest absolute Gasteiger partial charge is 0.310 e. The van der Waals surface area contributed by atoms with E-state index in [0.29, 0.717) is 10.5 Å². The lowest BCUT2D eigenvalue weighted by Crippen LogP contribution is -2.18. The first kappa shape index (κ1) is 12.6. The molecule has 5 heteroatoms. The molecule has 1 N–H and O–H groups in total. The van der Waals surface area contributed by atoms with E-state index in [9.17, 15) is 9.59 Å². The van der Waals surface area contributed by atoms with Crippen LogP contribution in [-0.4, -0.2) is 17.6 Å². The van der Waals surface area contributed by atoms with Crippen molar-refractivity contribution >= 4 is 28.5 Å². The Balaban J connectivity index is 2.51. The Kier molecular flexibility index (Phi) is 3.67. The summed E-state index contributed by atoms with van der Waals surface area (Å²) in [6.45, 7) is 1.99. The Morgan fingerprint density at radius 2 is 2.11 bits per heavy atom. The molecule has 2 rings (SSSR count). The maximum Gasteiger partial charge on any atom is 0.310 e. The number of aromatic nitrogens is 1. The normalized spacial score (nSPS) is 10.6. The molecule has 0 aliphatic rings. The van der Waals surface area contributed by atoms with Crippen LogP contribution in [0.5, 0.6) is 0 Å². The van der Waals surface area contributed by atoms with Gasteiger partial charge in [-0.3, -0.25) is 9.59 Å². The second-order valence-corrected chi connectivity index (χ2v) is 4.15. The van der Waals surface area contributed by atoms with Gasteiger partial charge in [-0.1, -0.05) is 29.8 Å². The number of fused-ring (bicyclic) bond motifs is 1. The first-order valence-corrected chi connectivity index (χ1v) is 5.96. The van der Waals surface area contributed by atoms with Crippen LogP contribution in [0, 0.1) is 0 Å². The number of esters is 1. The molecule has 2 aromatic rings. The van der Waals surface area contributed by atoms with Gasteiger partial charge in [0.25, 0.3) is 5.56 Å². The van der Waals surface area contributed by atoms with Gasteiger partial charge in [0.2, 0.25) is 0 Å². The molecule has 18 heavy (non-hydrogen) atoms. The maximum absolute atomic E-state index is 11.8. The topological polar surface area (TPSA) is 59.2 Å². The lowest BCUT2D eigenvalue weighted by molar-refractivity contribution is -0.142. The number of pyridine rings is 1. The Labute approximate surface area is 109 Å². The summed E-state index contributed by atoms with van der Waals surface area (Å²) in [6.07, 6.45) is -0.118. The van der Waals surface area contributed by atoms with Gasteiger partial charge in [0.15, 0.2) is 0 Å². The second-order valence-electron chi connectivity index (χ2n) is 3.77. The molecule has 0 atom stereocenters. The molecule has 0 saturated heterocycles. The van der Waals surface area contributed by atoms with Crippen LogP contribution in [0.15, 0.2) is 29.1 Å². The van der Waals surface area contributed by atoms with Crippen LogP contribution < -0.4 is 5.56 Å². The predicted molar refractivity (Wildman–Crippen MR) is 69.9 cm³/mol. The zero-order chi connectivity index (χ0) is 13.1. The summed E-state index contributed by atoms with van der Waals surface area (Å²) >= 11 is 6.16. The highest BCUT2D eigenvalue weighted by Gasteiger charge is 2.14. The SMILES string of the molecule is CCOC(=O)Cc1c(Cl)c2ccccc2[nH]c1=O. The van der Waals surface area contributed by atoms with Gasteiger partial charge in [-0.15, -0.1) is 0 Å². The van der Waals surface area contributed by atoms with Crippen molar-refractivity contribution in [2.24, 2.45) is 0 Å². The maximum atomic E-state index is 11.8. The Morgan fingerprint density at radius 3 is 2.83 bits per heavy atom. The van der Waals surface area contributed by atoms with Crippen molar-refractivity contribution in [1.29, 1.82) is 0 Å². The van der Waals surface area contributed by atoms with Crippen molar-refractivity contribution in [1.82, 2.24) is 4.98 Å². The fourth-order valence-electron chi connectivity index (χ4n) is 1.76. The highest BCUT2D eigenvalue weighted by Crippen LogP contribution is 2.23. The lowest BCUT2D eigenvalue weighted by atomic mass is 10.1. The lowest BCUT2D eigenvalue weighted by Gasteiger charge is -2.06. The number of carbonyl (C=O) groups is 1. The second kappa shape index (κ2) is 5.23. The van der Waals surface area contributed by atoms with E-state index in [1.807, 2.05) is 6.07 Å². The standard InChI is InChI=1S/C13H12ClNO3/c1-2-18-11(16)7-9-12(14)8-5-3-4-6-10(8)15-13(9)17/h3-6H,2,7H2,1H3,(H,15,17). The van der Waals surface area contributed by atoms with Crippen molar-refractivity contribution < 1.29 is 9.53 Å². The zero-order valence-corrected chi connectivity index (χ0v) is 10.6. The van der Waals surface area contributed by atoms with Gasteiger partial charge in [-0.2, -0.15) is 0 Å². The van der Waals surface area contributed by atoms with Crippen LogP contribution in [0.1, 0.15) is 12.5 Å². The fraction of sp³-hybridized carbons (Fsp3) is 0.231. The molecular weight excluding hydrogens is 254 g/mol. The first-order chi connectivity index (χ1) is 8.63. The number of aromatic amines is 1. The minimum atomic E-state index is -0.458. The van der Waals surface area contributed by atoms with Crippen LogP contribution >= 0.6 is 11.6 Å². The molecule has 1 aromatic carbocycles. The van der Waals surface area contributed by atoms with Crippen LogP contribution in [0.25, 0.3) is 10.9 Å². The van der Waals surface area contributed by atoms with Crippen LogP contribution in [0.2, 0.25) is 5.02 Å². The average molecular weight is 266 g/mol. The molecular formula is C13H12ClNO3. The largest absolute Gasteiger partial charge is 0.466 e. The summed E-state index contributed by atoms with van der Waals surface area (Å²) in [7, 11) is 0. The number of benzene rings is 1. The third-order valence-electron chi connectivity index (χ3n) is 2.58. The number of hydrogen-bond donors (Lipinski definition) is 1. The minimum absolute atomic E-state index is 0.118. The number of ether oxygens (including phenoxy) is 1. The number of hydrogen-bond acceptors (Lipinski definition) is 3. The van der Waals surface area contributed by atoms with Crippen molar-refractivity contribution in [3.05, 3.63) is 45.2 Å². The molecule has 0 aliphatic carbocycles. The number of H-pyrrole nitrogens is 1. The van der Waals surface area contributed by atoms with Crippen molar-refractivity contribution in [2.45, 2.75) is 13.3 Å². The van der Waals surface area contributed by atoms with E-state index >= 15 is 0 Å². The zero-order valence-electron chi connectivity index (χ0n) is 9.83. The number of carbonyl (C=O) groups excluding carboxylic acids is 1. The molecule has 0 aliphatic heterocycles. The summed E-state index contributed by atoms with van der Waals surface area (Å²) in [5, 5.41) is 1.03. The molecule has 0 amide bonds. The number of halogens is 1. The molecule has 0 spiro atoms. The molecule has 4 nitrogen and oxygen atoms in total. The van der Waals surface area contributed by atoms with E-state index in [1.54, 1.807) is 25.1 Å². The van der Waals surface area contributed by atoms with Gasteiger partial charge in [0.1, 0.15) is 0 Å². The summed E-state index contributed by atoms with van der Waals surface area (Å²) in [6, 6.07) is 7.18. The van der Waals surface area contributed by atoms with Crippen LogP contribution in [-0.2, 0) is 16.0 Å². The molecule has 0 saturated carbocycles. The van der Waals surface area contributed by atoms with Crippen LogP contribution in [0.4, 0.5) is 0 Å². The van der Waals surface area contributed by atoms with Crippen molar-refractivity contribution in [3.63, 3.8) is 0 Å². The fourth-order valence-corrected chi connectivity index (χ4v) is 2.08. The van der Waals surface area contributed by atoms with E-state index in [0.717, 1.165) is 5.39 Å². The van der Waals surface area contributed by atoms with E-state index in [2.05, 4.69) is 4.98 Å². The molecule has 1 heterocycles. The van der Waals surface area contributed by atoms with E-state index in [-0.39, 0.29) is 24.2 Å². The Bertz CT molecular complexity index is 648. The quantitative estimate of drug-likeness (QED) is 0.866. The molecule has 1 aromatic heterocycles. The van der Waals surface area contributed by atoms with Gasteiger partial charge in [0, 0.05) is 16.5 Å². The van der Waals surface area contributed by atoms with Gasteiger partial charge >= 0.3 is 5.97 Å². The van der Waals surface area contributed by atoms with Crippen molar-refractivity contribution in [3.8, 4) is 0 Å². The summed E-state index contributed by atoms with van der Waals surface area (Å²) < 4.78 is 4.82. The van der Waals surface area contributed by atoms with E-state index in [1.165, 1.54) is 0 Å². The Hall–Kier alpha value is -1.81. The third-order valence-corrected chi connectivity index (χ3v) is 3.01. The third kappa shape index (κ3) is 2.38. The molecule has 0 unspecified atom stereocenters. The molecule has 94 valence electrons. The highest BCUT2D eigenvalue weighted by molar-refractivity contribution is 6.36. The van der Waals surface area contributed by atoms with Gasteiger partial charge in [-0.25, -0.2) is 0 Å². The number of rotatable bonds is 3. The Morgan fingerprint density at radius 1 is 1.39 bits per heavy atom. The van der Waals surface area contributed by atoms with Crippen LogP contribution in [0.3, 0.4) is 0 Å². The van der Waals surface area contributed by atoms with Crippen molar-refractivity contribution in [2.75, 3.05) is 6.61 Å². The van der Waals surface area contributed by atoms with Gasteiger partial charge in [0.05, 0.1) is 18.1 Å². The van der Waals surface area contributed by atoms with Gasteiger partial charge in [-0.05, 0) is 13.0 Å². The number of para-hydroxylation sites is 1. The summed E-state index contributed by atoms with van der Waals surface area (Å²) in [5.74, 6) is -0.458. The minimum Gasteiger partial charge on any atom is -0.466 e. The number of nitrogens with one attached hydrogen (secondary N) is 1. The van der Waals surface area contributed by atoms with E-state index < -0.39 is 5.97 Å². The van der Waals surface area contributed by atoms with Gasteiger partial charge < -0.3 is 9.72 Å². The highest BCUT2D eigenvalue weighted by atomic mass is 35.5.